The van der Waals surface area contributed by atoms with E-state index in [2.05, 4.69) is 9.97 Å². The SMILES string of the molecule is Nc1nccc([C@@H]2CCCN(c3ccc(S(=O)(=O)C(F)(F)F)cc3[N+](=O)[O-])C2)n1. The van der Waals surface area contributed by atoms with Gasteiger partial charge in [-0.1, -0.05) is 0 Å². The van der Waals surface area contributed by atoms with Crippen LogP contribution in [0.25, 0.3) is 0 Å². The highest BCUT2D eigenvalue weighted by Crippen LogP contribution is 2.38. The largest absolute Gasteiger partial charge is 0.501 e. The molecule has 0 saturated carbocycles. The molecule has 1 aromatic carbocycles. The number of aromatic nitrogens is 2. The molecule has 9 nitrogen and oxygen atoms in total. The summed E-state index contributed by atoms with van der Waals surface area (Å²) in [6, 6.07) is 3.90. The summed E-state index contributed by atoms with van der Waals surface area (Å²) in [7, 11) is -5.69. The van der Waals surface area contributed by atoms with Crippen molar-refractivity contribution in [2.24, 2.45) is 0 Å². The van der Waals surface area contributed by atoms with Crippen LogP contribution in [0.3, 0.4) is 0 Å². The Morgan fingerprint density at radius 2 is 2.00 bits per heavy atom. The maximum Gasteiger partial charge on any atom is 0.501 e. The predicted molar refractivity (Wildman–Crippen MR) is 97.0 cm³/mol. The van der Waals surface area contributed by atoms with Crippen molar-refractivity contribution in [1.29, 1.82) is 0 Å². The zero-order valence-corrected chi connectivity index (χ0v) is 15.7. The maximum atomic E-state index is 12.8. The third kappa shape index (κ3) is 4.09. The Labute approximate surface area is 163 Å². The number of anilines is 2. The van der Waals surface area contributed by atoms with E-state index in [0.29, 0.717) is 31.3 Å². The van der Waals surface area contributed by atoms with E-state index < -0.39 is 30.9 Å². The molecule has 1 aromatic heterocycles. The summed E-state index contributed by atoms with van der Waals surface area (Å²) in [6.45, 7) is 0.728. The fraction of sp³-hybridized carbons (Fsp3) is 0.375. The van der Waals surface area contributed by atoms with E-state index in [1.54, 1.807) is 11.0 Å². The van der Waals surface area contributed by atoms with E-state index >= 15 is 0 Å². The van der Waals surface area contributed by atoms with Gasteiger partial charge in [0.15, 0.2) is 0 Å². The number of rotatable bonds is 4. The maximum absolute atomic E-state index is 12.8. The first kappa shape index (κ1) is 20.8. The third-order valence-electron chi connectivity index (χ3n) is 4.63. The molecule has 1 atom stereocenters. The second-order valence-corrected chi connectivity index (χ2v) is 8.42. The van der Waals surface area contributed by atoms with Crippen molar-refractivity contribution in [2.45, 2.75) is 29.2 Å². The molecule has 1 fully saturated rings. The molecular formula is C16H16F3N5O4S. The van der Waals surface area contributed by atoms with Crippen molar-refractivity contribution < 1.29 is 26.5 Å². The molecule has 1 saturated heterocycles. The minimum Gasteiger partial charge on any atom is -0.368 e. The van der Waals surface area contributed by atoms with Gasteiger partial charge in [-0.3, -0.25) is 10.1 Å². The molecule has 2 heterocycles. The molecule has 29 heavy (non-hydrogen) atoms. The lowest BCUT2D eigenvalue weighted by atomic mass is 9.94. The van der Waals surface area contributed by atoms with Gasteiger partial charge in [0, 0.05) is 31.3 Å². The van der Waals surface area contributed by atoms with Crippen molar-refractivity contribution >= 4 is 27.2 Å². The summed E-state index contributed by atoms with van der Waals surface area (Å²) in [5.74, 6) is -0.0282. The van der Waals surface area contributed by atoms with Gasteiger partial charge in [-0.05, 0) is 31.0 Å². The summed E-state index contributed by atoms with van der Waals surface area (Å²) in [5.41, 5.74) is 0.0315. The summed E-state index contributed by atoms with van der Waals surface area (Å²) >= 11 is 0. The number of sulfone groups is 1. The van der Waals surface area contributed by atoms with Crippen molar-refractivity contribution in [3.63, 3.8) is 0 Å². The van der Waals surface area contributed by atoms with Crippen LogP contribution >= 0.6 is 0 Å². The molecule has 13 heteroatoms. The number of halogens is 3. The summed E-state index contributed by atoms with van der Waals surface area (Å²) in [4.78, 5) is 19.0. The predicted octanol–water partition coefficient (Wildman–Crippen LogP) is 2.64. The molecule has 1 aliphatic heterocycles. The Balaban J connectivity index is 1.97. The number of nitro groups is 1. The Bertz CT molecular complexity index is 1050. The van der Waals surface area contributed by atoms with Gasteiger partial charge in [-0.15, -0.1) is 0 Å². The first-order chi connectivity index (χ1) is 13.5. The average Bonchev–Trinajstić information content (AvgIpc) is 2.66. The monoisotopic (exact) mass is 431 g/mol. The standard InChI is InChI=1S/C16H16F3N5O4S/c17-16(18,19)29(27,28)11-3-4-13(14(8-11)24(25)26)23-7-1-2-10(9-23)12-5-6-21-15(20)22-12/h3-6,8,10H,1-2,7,9H2,(H2,20,21,22)/t10-/m1/s1. The van der Waals surface area contributed by atoms with Gasteiger partial charge in [-0.25, -0.2) is 18.4 Å². The molecule has 0 aliphatic carbocycles. The number of nitrogen functional groups attached to an aromatic ring is 1. The Morgan fingerprint density at radius 1 is 1.28 bits per heavy atom. The van der Waals surface area contributed by atoms with Gasteiger partial charge in [0.25, 0.3) is 15.5 Å². The number of hydrogen-bond acceptors (Lipinski definition) is 8. The van der Waals surface area contributed by atoms with E-state index in [1.165, 1.54) is 6.20 Å². The first-order valence-corrected chi connectivity index (χ1v) is 9.92. The van der Waals surface area contributed by atoms with Crippen LogP contribution in [0.15, 0.2) is 35.4 Å². The van der Waals surface area contributed by atoms with E-state index in [4.69, 9.17) is 5.73 Å². The van der Waals surface area contributed by atoms with Crippen LogP contribution < -0.4 is 10.6 Å². The third-order valence-corrected chi connectivity index (χ3v) is 6.12. The molecule has 156 valence electrons. The number of piperidine rings is 1. The van der Waals surface area contributed by atoms with Crippen LogP contribution in [0.5, 0.6) is 0 Å². The van der Waals surface area contributed by atoms with Gasteiger partial charge in [0.1, 0.15) is 5.69 Å². The smallest absolute Gasteiger partial charge is 0.368 e. The molecular weight excluding hydrogens is 415 g/mol. The number of benzene rings is 1. The number of nitrogens with zero attached hydrogens (tertiary/aromatic N) is 4. The zero-order chi connectivity index (χ0) is 21.4. The van der Waals surface area contributed by atoms with E-state index in [9.17, 15) is 31.7 Å². The van der Waals surface area contributed by atoms with Crippen LogP contribution in [0.2, 0.25) is 0 Å². The van der Waals surface area contributed by atoms with Crippen molar-refractivity contribution in [3.05, 3.63) is 46.3 Å². The summed E-state index contributed by atoms with van der Waals surface area (Å²) in [5, 5.41) is 11.5. The fourth-order valence-corrected chi connectivity index (χ4v) is 4.05. The minimum atomic E-state index is -5.69. The highest BCUT2D eigenvalue weighted by molar-refractivity contribution is 7.92. The lowest BCUT2D eigenvalue weighted by molar-refractivity contribution is -0.384. The number of hydrogen-bond donors (Lipinski definition) is 1. The van der Waals surface area contributed by atoms with Crippen LogP contribution in [0.1, 0.15) is 24.5 Å². The van der Waals surface area contributed by atoms with Crippen LogP contribution in [-0.4, -0.2) is 41.9 Å². The molecule has 3 rings (SSSR count). The topological polar surface area (TPSA) is 132 Å². The Hall–Kier alpha value is -2.96. The molecule has 2 N–H and O–H groups in total. The quantitative estimate of drug-likeness (QED) is 0.577. The second-order valence-electron chi connectivity index (χ2n) is 6.48. The average molecular weight is 431 g/mol. The number of nitro benzene ring substituents is 1. The Morgan fingerprint density at radius 3 is 2.62 bits per heavy atom. The Kier molecular flexibility index (Phi) is 5.34. The molecule has 0 amide bonds. The van der Waals surface area contributed by atoms with Gasteiger partial charge in [-0.2, -0.15) is 13.2 Å². The molecule has 0 unspecified atom stereocenters. The van der Waals surface area contributed by atoms with Crippen molar-refractivity contribution in [1.82, 2.24) is 9.97 Å². The molecule has 2 aromatic rings. The molecule has 0 spiro atoms. The number of alkyl halides is 3. The van der Waals surface area contributed by atoms with Crippen molar-refractivity contribution in [2.75, 3.05) is 23.7 Å². The minimum absolute atomic E-state index is 0.0443. The summed E-state index contributed by atoms with van der Waals surface area (Å²) in [6.07, 6.45) is 2.88. The summed E-state index contributed by atoms with van der Waals surface area (Å²) < 4.78 is 61.6. The van der Waals surface area contributed by atoms with Gasteiger partial charge < -0.3 is 10.6 Å². The highest BCUT2D eigenvalue weighted by Gasteiger charge is 2.47. The lowest BCUT2D eigenvalue weighted by Crippen LogP contribution is -2.35. The molecule has 0 bridgehead atoms. The highest BCUT2D eigenvalue weighted by atomic mass is 32.2. The number of nitrogens with two attached hydrogens (primary N) is 1. The van der Waals surface area contributed by atoms with Crippen LogP contribution in [-0.2, 0) is 9.84 Å². The second kappa shape index (κ2) is 7.46. The van der Waals surface area contributed by atoms with E-state index in [0.717, 1.165) is 18.6 Å². The molecule has 1 aliphatic rings. The van der Waals surface area contributed by atoms with E-state index in [-0.39, 0.29) is 17.6 Å². The fourth-order valence-electron chi connectivity index (χ4n) is 3.27. The first-order valence-electron chi connectivity index (χ1n) is 8.44. The normalized spacial score (nSPS) is 17.9. The van der Waals surface area contributed by atoms with Crippen LogP contribution in [0, 0.1) is 10.1 Å². The lowest BCUT2D eigenvalue weighted by Gasteiger charge is -2.33. The molecule has 0 radical (unpaired) electrons. The van der Waals surface area contributed by atoms with Gasteiger partial charge >= 0.3 is 5.51 Å². The van der Waals surface area contributed by atoms with Gasteiger partial charge in [0.05, 0.1) is 15.5 Å². The van der Waals surface area contributed by atoms with Gasteiger partial charge in [0.2, 0.25) is 5.95 Å². The van der Waals surface area contributed by atoms with E-state index in [1.807, 2.05) is 0 Å². The van der Waals surface area contributed by atoms with Crippen LogP contribution in [0.4, 0.5) is 30.5 Å². The van der Waals surface area contributed by atoms with Crippen molar-refractivity contribution in [3.8, 4) is 0 Å². The zero-order valence-electron chi connectivity index (χ0n) is 14.8.